The highest BCUT2D eigenvalue weighted by molar-refractivity contribution is 5.67. The molecule has 0 atom stereocenters. The molecule has 0 unspecified atom stereocenters. The molecule has 3 nitrogen and oxygen atoms in total. The Hall–Kier alpha value is -1.84. The average molecular weight is 273 g/mol. The van der Waals surface area contributed by atoms with Crippen LogP contribution < -0.4 is 5.73 Å². The van der Waals surface area contributed by atoms with Crippen molar-refractivity contribution in [3.8, 4) is 11.1 Å². The molecule has 1 saturated carbocycles. The van der Waals surface area contributed by atoms with Crippen LogP contribution in [0.15, 0.2) is 24.5 Å². The van der Waals surface area contributed by atoms with E-state index in [2.05, 4.69) is 5.10 Å². The number of hydrogen-bond acceptors (Lipinski definition) is 2. The maximum Gasteiger partial charge on any atom is 0.133 e. The summed E-state index contributed by atoms with van der Waals surface area (Å²) in [6, 6.07) is 3.66. The molecule has 4 heteroatoms. The number of nitrogens with two attached hydrogens (primary N) is 1. The van der Waals surface area contributed by atoms with Crippen LogP contribution in [0.25, 0.3) is 11.1 Å². The van der Waals surface area contributed by atoms with Crippen LogP contribution in [0, 0.1) is 12.7 Å². The molecule has 1 aromatic heterocycles. The molecule has 1 fully saturated rings. The Kier molecular flexibility index (Phi) is 3.47. The number of hydrogen-bond donors (Lipinski definition) is 1. The van der Waals surface area contributed by atoms with E-state index >= 15 is 0 Å². The molecule has 0 saturated heterocycles. The summed E-state index contributed by atoms with van der Waals surface area (Å²) in [7, 11) is 0. The van der Waals surface area contributed by atoms with Crippen molar-refractivity contribution in [2.45, 2.75) is 45.1 Å². The van der Waals surface area contributed by atoms with Crippen molar-refractivity contribution in [2.24, 2.45) is 0 Å². The Morgan fingerprint density at radius 1 is 1.25 bits per heavy atom. The van der Waals surface area contributed by atoms with Crippen molar-refractivity contribution in [3.63, 3.8) is 0 Å². The van der Waals surface area contributed by atoms with Crippen molar-refractivity contribution in [2.75, 3.05) is 5.73 Å². The minimum absolute atomic E-state index is 0.281. The number of benzene rings is 1. The zero-order chi connectivity index (χ0) is 14.1. The van der Waals surface area contributed by atoms with Gasteiger partial charge in [0, 0.05) is 23.0 Å². The third kappa shape index (κ3) is 2.42. The van der Waals surface area contributed by atoms with Gasteiger partial charge in [0.05, 0.1) is 12.2 Å². The standard InChI is InChI=1S/C16H20FN3/c1-11-7-14(15(17)8-16(11)18)12-9-19-20(10-12)13-5-3-2-4-6-13/h7-10,13H,2-6,18H2,1H3. The highest BCUT2D eigenvalue weighted by Crippen LogP contribution is 2.31. The van der Waals surface area contributed by atoms with Crippen molar-refractivity contribution in [3.05, 3.63) is 35.9 Å². The minimum Gasteiger partial charge on any atom is -0.398 e. The monoisotopic (exact) mass is 273 g/mol. The minimum atomic E-state index is -0.281. The normalized spacial score (nSPS) is 16.5. The van der Waals surface area contributed by atoms with Gasteiger partial charge >= 0.3 is 0 Å². The smallest absolute Gasteiger partial charge is 0.133 e. The van der Waals surface area contributed by atoms with Gasteiger partial charge in [-0.15, -0.1) is 0 Å². The number of nitrogen functional groups attached to an aromatic ring is 1. The first-order valence-electron chi connectivity index (χ1n) is 7.25. The lowest BCUT2D eigenvalue weighted by Gasteiger charge is -2.21. The fourth-order valence-electron chi connectivity index (χ4n) is 2.94. The second kappa shape index (κ2) is 5.27. The van der Waals surface area contributed by atoms with Crippen LogP contribution in [0.2, 0.25) is 0 Å². The molecule has 1 aliphatic carbocycles. The third-order valence-corrected chi connectivity index (χ3v) is 4.22. The summed E-state index contributed by atoms with van der Waals surface area (Å²) in [6.45, 7) is 1.89. The molecule has 1 aliphatic rings. The van der Waals surface area contributed by atoms with Crippen molar-refractivity contribution < 1.29 is 4.39 Å². The van der Waals surface area contributed by atoms with Crippen molar-refractivity contribution >= 4 is 5.69 Å². The van der Waals surface area contributed by atoms with E-state index in [-0.39, 0.29) is 5.82 Å². The van der Waals surface area contributed by atoms with Gasteiger partial charge < -0.3 is 5.73 Å². The Morgan fingerprint density at radius 2 is 2.00 bits per heavy atom. The highest BCUT2D eigenvalue weighted by atomic mass is 19.1. The van der Waals surface area contributed by atoms with Crippen molar-refractivity contribution in [1.82, 2.24) is 9.78 Å². The van der Waals surface area contributed by atoms with Crippen molar-refractivity contribution in [1.29, 1.82) is 0 Å². The van der Waals surface area contributed by atoms with E-state index in [1.54, 1.807) is 12.3 Å². The Balaban J connectivity index is 1.91. The molecule has 2 aromatic rings. The summed E-state index contributed by atoms with van der Waals surface area (Å²) in [5.41, 5.74) is 8.53. The van der Waals surface area contributed by atoms with E-state index in [0.29, 0.717) is 17.3 Å². The quantitative estimate of drug-likeness (QED) is 0.838. The molecule has 1 aromatic carbocycles. The first-order chi connectivity index (χ1) is 9.65. The molecule has 2 N–H and O–H groups in total. The topological polar surface area (TPSA) is 43.8 Å². The van der Waals surface area contributed by atoms with E-state index in [1.807, 2.05) is 17.8 Å². The van der Waals surface area contributed by atoms with Gasteiger partial charge in [0.25, 0.3) is 0 Å². The van der Waals surface area contributed by atoms with Gasteiger partial charge in [0.2, 0.25) is 0 Å². The van der Waals surface area contributed by atoms with Crippen LogP contribution in [0.5, 0.6) is 0 Å². The molecule has 0 amide bonds. The summed E-state index contributed by atoms with van der Waals surface area (Å²) in [5, 5.41) is 4.43. The molecule has 0 aliphatic heterocycles. The van der Waals surface area contributed by atoms with Crippen LogP contribution in [0.4, 0.5) is 10.1 Å². The highest BCUT2D eigenvalue weighted by Gasteiger charge is 2.17. The van der Waals surface area contributed by atoms with Crippen LogP contribution in [0.3, 0.4) is 0 Å². The van der Waals surface area contributed by atoms with Crippen LogP contribution in [0.1, 0.15) is 43.7 Å². The largest absolute Gasteiger partial charge is 0.398 e. The average Bonchev–Trinajstić information content (AvgIpc) is 2.93. The SMILES string of the molecule is Cc1cc(-c2cnn(C3CCCCC3)c2)c(F)cc1N. The van der Waals surface area contributed by atoms with Gasteiger partial charge in [-0.1, -0.05) is 19.3 Å². The molecule has 20 heavy (non-hydrogen) atoms. The molecule has 106 valence electrons. The third-order valence-electron chi connectivity index (χ3n) is 4.22. The summed E-state index contributed by atoms with van der Waals surface area (Å²) >= 11 is 0. The maximum atomic E-state index is 14.1. The first-order valence-corrected chi connectivity index (χ1v) is 7.25. The molecule has 3 rings (SSSR count). The number of rotatable bonds is 2. The van der Waals surface area contributed by atoms with Gasteiger partial charge in [0.1, 0.15) is 5.82 Å². The summed E-state index contributed by atoms with van der Waals surface area (Å²) in [5.74, 6) is -0.281. The van der Waals surface area contributed by atoms with Gasteiger partial charge in [-0.25, -0.2) is 4.39 Å². The van der Waals surface area contributed by atoms with E-state index in [4.69, 9.17) is 5.73 Å². The van der Waals surface area contributed by atoms with Crippen LogP contribution in [-0.4, -0.2) is 9.78 Å². The zero-order valence-electron chi connectivity index (χ0n) is 11.8. The predicted molar refractivity (Wildman–Crippen MR) is 78.9 cm³/mol. The number of halogens is 1. The molecule has 0 radical (unpaired) electrons. The molecular formula is C16H20FN3. The second-order valence-corrected chi connectivity index (χ2v) is 5.69. The number of anilines is 1. The second-order valence-electron chi connectivity index (χ2n) is 5.69. The van der Waals surface area contributed by atoms with E-state index < -0.39 is 0 Å². The summed E-state index contributed by atoms with van der Waals surface area (Å²) in [4.78, 5) is 0. The molecule has 1 heterocycles. The molecule has 0 spiro atoms. The van der Waals surface area contributed by atoms with Crippen LogP contribution >= 0.6 is 0 Å². The lowest BCUT2D eigenvalue weighted by atomic mass is 9.96. The molecular weight excluding hydrogens is 253 g/mol. The number of aromatic nitrogens is 2. The first kappa shape index (κ1) is 13.2. The Morgan fingerprint density at radius 3 is 2.75 bits per heavy atom. The Bertz CT molecular complexity index is 612. The Labute approximate surface area is 118 Å². The van der Waals surface area contributed by atoms with E-state index in [1.165, 1.54) is 38.2 Å². The fraction of sp³-hybridized carbons (Fsp3) is 0.438. The summed E-state index contributed by atoms with van der Waals surface area (Å²) < 4.78 is 16.1. The van der Waals surface area contributed by atoms with E-state index in [9.17, 15) is 4.39 Å². The van der Waals surface area contributed by atoms with Gasteiger partial charge in [-0.3, -0.25) is 4.68 Å². The summed E-state index contributed by atoms with van der Waals surface area (Å²) in [6.07, 6.45) is 9.89. The lowest BCUT2D eigenvalue weighted by Crippen LogP contribution is -2.12. The van der Waals surface area contributed by atoms with E-state index in [0.717, 1.165) is 11.1 Å². The maximum absolute atomic E-state index is 14.1. The van der Waals surface area contributed by atoms with Gasteiger partial charge in [0.15, 0.2) is 0 Å². The van der Waals surface area contributed by atoms with Crippen LogP contribution in [-0.2, 0) is 0 Å². The molecule has 0 bridgehead atoms. The zero-order valence-corrected chi connectivity index (χ0v) is 11.8. The predicted octanol–water partition coefficient (Wildman–Crippen LogP) is 4.09. The number of nitrogens with zero attached hydrogens (tertiary/aromatic N) is 2. The van der Waals surface area contributed by atoms with Gasteiger partial charge in [-0.2, -0.15) is 5.10 Å². The fourth-order valence-corrected chi connectivity index (χ4v) is 2.94. The lowest BCUT2D eigenvalue weighted by molar-refractivity contribution is 0.329. The number of aryl methyl sites for hydroxylation is 1. The van der Waals surface area contributed by atoms with Gasteiger partial charge in [-0.05, 0) is 37.5 Å².